The van der Waals surface area contributed by atoms with Gasteiger partial charge in [0.2, 0.25) is 0 Å². The summed E-state index contributed by atoms with van der Waals surface area (Å²) >= 11 is 6.40. The van der Waals surface area contributed by atoms with E-state index < -0.39 is 0 Å². The van der Waals surface area contributed by atoms with Gasteiger partial charge in [-0.05, 0) is 41.4 Å². The highest BCUT2D eigenvalue weighted by Crippen LogP contribution is 2.61. The summed E-state index contributed by atoms with van der Waals surface area (Å²) in [5.74, 6) is 2.69. The molecular formula is C21H22ClN3O2. The molecule has 1 saturated heterocycles. The monoisotopic (exact) mass is 383 g/mol. The lowest BCUT2D eigenvalue weighted by molar-refractivity contribution is 0.0302. The van der Waals surface area contributed by atoms with Crippen LogP contribution in [-0.2, 0) is 11.2 Å². The quantitative estimate of drug-likeness (QED) is 0.880. The summed E-state index contributed by atoms with van der Waals surface area (Å²) in [6, 6.07) is 10.5. The Morgan fingerprint density at radius 2 is 2.11 bits per heavy atom. The molecule has 2 aliphatic carbocycles. The van der Waals surface area contributed by atoms with Crippen LogP contribution in [0.1, 0.15) is 27.4 Å². The van der Waals surface area contributed by atoms with E-state index in [1.54, 1.807) is 17.2 Å². The Bertz CT molecular complexity index is 881. The molecule has 5 rings (SSSR count). The third-order valence-corrected chi connectivity index (χ3v) is 6.38. The van der Waals surface area contributed by atoms with Gasteiger partial charge >= 0.3 is 0 Å². The number of carbonyl (C=O) groups excluding carboxylic acids is 1. The van der Waals surface area contributed by atoms with Crippen molar-refractivity contribution in [2.75, 3.05) is 38.2 Å². The van der Waals surface area contributed by atoms with E-state index in [-0.39, 0.29) is 5.91 Å². The zero-order valence-electron chi connectivity index (χ0n) is 15.0. The molecule has 2 fully saturated rings. The predicted octanol–water partition coefficient (Wildman–Crippen LogP) is 3.21. The first kappa shape index (κ1) is 17.0. The molecule has 1 aromatic carbocycles. The molecule has 3 atom stereocenters. The van der Waals surface area contributed by atoms with Gasteiger partial charge in [-0.3, -0.25) is 4.79 Å². The molecule has 0 spiro atoms. The molecule has 3 aliphatic rings. The number of morpholine rings is 1. The topological polar surface area (TPSA) is 54.5 Å². The average molecular weight is 384 g/mol. The Morgan fingerprint density at radius 3 is 2.93 bits per heavy atom. The van der Waals surface area contributed by atoms with Crippen molar-refractivity contribution in [3.05, 3.63) is 58.2 Å². The SMILES string of the molecule is O=C(c1cnc(NCC2C3Cc4ccccc4C23)c(Cl)c1)N1CCOCC1. The van der Waals surface area contributed by atoms with E-state index in [9.17, 15) is 4.79 Å². The molecule has 0 radical (unpaired) electrons. The van der Waals surface area contributed by atoms with Gasteiger partial charge in [-0.25, -0.2) is 4.98 Å². The largest absolute Gasteiger partial charge is 0.378 e. The van der Waals surface area contributed by atoms with E-state index in [0.717, 1.165) is 12.5 Å². The van der Waals surface area contributed by atoms with Gasteiger partial charge in [-0.1, -0.05) is 35.9 Å². The molecule has 2 aromatic rings. The van der Waals surface area contributed by atoms with E-state index in [1.165, 1.54) is 17.5 Å². The maximum absolute atomic E-state index is 12.5. The number of nitrogens with one attached hydrogen (secondary N) is 1. The smallest absolute Gasteiger partial charge is 0.255 e. The van der Waals surface area contributed by atoms with Gasteiger partial charge in [0, 0.05) is 25.8 Å². The third-order valence-electron chi connectivity index (χ3n) is 6.09. The molecule has 2 heterocycles. The zero-order chi connectivity index (χ0) is 18.4. The number of halogens is 1. The fraction of sp³-hybridized carbons (Fsp3) is 0.429. The van der Waals surface area contributed by atoms with Crippen molar-refractivity contribution in [1.29, 1.82) is 0 Å². The Balaban J connectivity index is 1.22. The number of pyridine rings is 1. The Morgan fingerprint density at radius 1 is 1.30 bits per heavy atom. The first-order chi connectivity index (χ1) is 13.2. The molecule has 1 aliphatic heterocycles. The molecule has 27 heavy (non-hydrogen) atoms. The number of fused-ring (bicyclic) bond motifs is 3. The summed E-state index contributed by atoms with van der Waals surface area (Å²) in [5, 5.41) is 3.89. The van der Waals surface area contributed by atoms with Crippen LogP contribution in [0.4, 0.5) is 5.82 Å². The summed E-state index contributed by atoms with van der Waals surface area (Å²) in [5.41, 5.74) is 3.55. The molecule has 1 aromatic heterocycles. The number of nitrogens with zero attached hydrogens (tertiary/aromatic N) is 2. The second-order valence-electron chi connectivity index (χ2n) is 7.60. The van der Waals surface area contributed by atoms with Gasteiger partial charge in [0.25, 0.3) is 5.91 Å². The van der Waals surface area contributed by atoms with Gasteiger partial charge in [0.15, 0.2) is 0 Å². The highest BCUT2D eigenvalue weighted by molar-refractivity contribution is 6.33. The maximum atomic E-state index is 12.5. The van der Waals surface area contributed by atoms with Crippen molar-refractivity contribution in [2.45, 2.75) is 12.3 Å². The fourth-order valence-electron chi connectivity index (χ4n) is 4.61. The third kappa shape index (κ3) is 3.09. The normalized spacial score (nSPS) is 25.7. The number of rotatable bonds is 4. The van der Waals surface area contributed by atoms with Crippen LogP contribution in [0, 0.1) is 11.8 Å². The van der Waals surface area contributed by atoms with E-state index in [2.05, 4.69) is 34.6 Å². The molecule has 6 heteroatoms. The number of carbonyl (C=O) groups is 1. The zero-order valence-corrected chi connectivity index (χ0v) is 15.8. The second-order valence-corrected chi connectivity index (χ2v) is 8.00. The van der Waals surface area contributed by atoms with Crippen molar-refractivity contribution in [3.8, 4) is 0 Å². The maximum Gasteiger partial charge on any atom is 0.255 e. The molecule has 1 amide bonds. The van der Waals surface area contributed by atoms with Crippen molar-refractivity contribution >= 4 is 23.3 Å². The van der Waals surface area contributed by atoms with Crippen molar-refractivity contribution in [2.24, 2.45) is 11.8 Å². The van der Waals surface area contributed by atoms with Crippen LogP contribution >= 0.6 is 11.6 Å². The number of ether oxygens (including phenoxy) is 1. The minimum atomic E-state index is -0.0346. The van der Waals surface area contributed by atoms with Crippen molar-refractivity contribution < 1.29 is 9.53 Å². The van der Waals surface area contributed by atoms with E-state index in [4.69, 9.17) is 16.3 Å². The summed E-state index contributed by atoms with van der Waals surface area (Å²) in [6.07, 6.45) is 2.80. The fourth-order valence-corrected chi connectivity index (χ4v) is 4.84. The molecule has 1 saturated carbocycles. The lowest BCUT2D eigenvalue weighted by Gasteiger charge is -2.26. The Hall–Kier alpha value is -2.11. The van der Waals surface area contributed by atoms with Crippen LogP contribution in [0.2, 0.25) is 5.02 Å². The van der Waals surface area contributed by atoms with Gasteiger partial charge in [-0.15, -0.1) is 0 Å². The minimum Gasteiger partial charge on any atom is -0.378 e. The number of amides is 1. The molecule has 3 unspecified atom stereocenters. The number of aromatic nitrogens is 1. The van der Waals surface area contributed by atoms with E-state index >= 15 is 0 Å². The van der Waals surface area contributed by atoms with Gasteiger partial charge in [0.1, 0.15) is 5.82 Å². The molecule has 140 valence electrons. The Kier molecular flexibility index (Phi) is 4.29. The first-order valence-electron chi connectivity index (χ1n) is 9.56. The van der Waals surface area contributed by atoms with Crippen molar-refractivity contribution in [3.63, 3.8) is 0 Å². The summed E-state index contributed by atoms with van der Waals surface area (Å²) < 4.78 is 5.30. The first-order valence-corrected chi connectivity index (χ1v) is 9.94. The van der Waals surface area contributed by atoms with Crippen LogP contribution < -0.4 is 5.32 Å². The minimum absolute atomic E-state index is 0.0346. The molecule has 5 nitrogen and oxygen atoms in total. The van der Waals surface area contributed by atoms with Crippen LogP contribution in [0.3, 0.4) is 0 Å². The van der Waals surface area contributed by atoms with Crippen LogP contribution in [-0.4, -0.2) is 48.6 Å². The number of anilines is 1. The van der Waals surface area contributed by atoms with Crippen molar-refractivity contribution in [1.82, 2.24) is 9.88 Å². The lowest BCUT2D eigenvalue weighted by Crippen LogP contribution is -2.40. The van der Waals surface area contributed by atoms with Gasteiger partial charge in [0.05, 0.1) is 23.8 Å². The molecule has 1 N–H and O–H groups in total. The lowest BCUT2D eigenvalue weighted by atomic mass is 10.0. The van der Waals surface area contributed by atoms with Gasteiger partial charge < -0.3 is 15.0 Å². The van der Waals surface area contributed by atoms with E-state index in [0.29, 0.717) is 54.5 Å². The number of benzene rings is 1. The van der Waals surface area contributed by atoms with Gasteiger partial charge in [-0.2, -0.15) is 0 Å². The van der Waals surface area contributed by atoms with Crippen LogP contribution in [0.25, 0.3) is 0 Å². The summed E-state index contributed by atoms with van der Waals surface area (Å²) in [4.78, 5) is 18.7. The Labute approximate surface area is 163 Å². The van der Waals surface area contributed by atoms with Crippen LogP contribution in [0.15, 0.2) is 36.5 Å². The second kappa shape index (κ2) is 6.80. The highest BCUT2D eigenvalue weighted by atomic mass is 35.5. The summed E-state index contributed by atoms with van der Waals surface area (Å²) in [7, 11) is 0. The predicted molar refractivity (Wildman–Crippen MR) is 104 cm³/mol. The summed E-state index contributed by atoms with van der Waals surface area (Å²) in [6.45, 7) is 3.26. The molecule has 0 bridgehead atoms. The highest BCUT2D eigenvalue weighted by Gasteiger charge is 2.54. The van der Waals surface area contributed by atoms with E-state index in [1.807, 2.05) is 0 Å². The number of hydrogen-bond donors (Lipinski definition) is 1. The number of hydrogen-bond acceptors (Lipinski definition) is 4. The van der Waals surface area contributed by atoms with Crippen LogP contribution in [0.5, 0.6) is 0 Å². The average Bonchev–Trinajstić information content (AvgIpc) is 3.24. The molecular weight excluding hydrogens is 362 g/mol. The standard InChI is InChI=1S/C21H22ClN3O2/c22-18-10-14(21(26)25-5-7-27-8-6-25)11-23-20(18)24-12-17-16-9-13-3-1-2-4-15(13)19(16)17/h1-4,10-11,16-17,19H,5-9,12H2,(H,23,24).